The standard InChI is InChI=1S/C20H19NO4/c1-23-17-10-14(11-18(24-2)20(17)25-3)19(22)16-9-15(12-21-16)13-7-5-4-6-8-13/h4-12,21H,1-3H3. The molecule has 0 aliphatic heterocycles. The fourth-order valence-corrected chi connectivity index (χ4v) is 2.69. The Kier molecular flexibility index (Phi) is 4.75. The van der Waals surface area contributed by atoms with Gasteiger partial charge in [0.25, 0.3) is 0 Å². The number of H-pyrrole nitrogens is 1. The first-order valence-corrected chi connectivity index (χ1v) is 7.76. The van der Waals surface area contributed by atoms with Gasteiger partial charge in [0.2, 0.25) is 11.5 Å². The molecule has 0 aliphatic rings. The highest BCUT2D eigenvalue weighted by Crippen LogP contribution is 2.38. The molecule has 0 radical (unpaired) electrons. The number of benzene rings is 2. The largest absolute Gasteiger partial charge is 0.493 e. The Morgan fingerprint density at radius 2 is 1.48 bits per heavy atom. The molecule has 3 aromatic rings. The fourth-order valence-electron chi connectivity index (χ4n) is 2.69. The van der Waals surface area contributed by atoms with Crippen LogP contribution >= 0.6 is 0 Å². The lowest BCUT2D eigenvalue weighted by molar-refractivity contribution is 0.103. The van der Waals surface area contributed by atoms with Gasteiger partial charge in [-0.05, 0) is 29.3 Å². The summed E-state index contributed by atoms with van der Waals surface area (Å²) in [5, 5.41) is 0. The SMILES string of the molecule is COc1cc(C(=O)c2cc(-c3ccccc3)c[nH]2)cc(OC)c1OC. The monoisotopic (exact) mass is 337 g/mol. The highest BCUT2D eigenvalue weighted by molar-refractivity contribution is 6.09. The van der Waals surface area contributed by atoms with Gasteiger partial charge >= 0.3 is 0 Å². The Labute approximate surface area is 146 Å². The summed E-state index contributed by atoms with van der Waals surface area (Å²) in [5.41, 5.74) is 2.95. The van der Waals surface area contributed by atoms with E-state index in [1.54, 1.807) is 12.1 Å². The van der Waals surface area contributed by atoms with Crippen molar-refractivity contribution in [1.29, 1.82) is 0 Å². The van der Waals surface area contributed by atoms with Crippen molar-refractivity contribution in [2.75, 3.05) is 21.3 Å². The lowest BCUT2D eigenvalue weighted by Gasteiger charge is -2.13. The number of nitrogens with one attached hydrogen (secondary N) is 1. The zero-order chi connectivity index (χ0) is 17.8. The third-order valence-electron chi connectivity index (χ3n) is 3.96. The number of carbonyl (C=O) groups is 1. The zero-order valence-corrected chi connectivity index (χ0v) is 14.3. The summed E-state index contributed by atoms with van der Waals surface area (Å²) in [6.07, 6.45) is 1.82. The van der Waals surface area contributed by atoms with Gasteiger partial charge in [-0.15, -0.1) is 0 Å². The summed E-state index contributed by atoms with van der Waals surface area (Å²) in [6.45, 7) is 0. The lowest BCUT2D eigenvalue weighted by atomic mass is 10.0. The summed E-state index contributed by atoms with van der Waals surface area (Å²) in [6, 6.07) is 15.0. The Morgan fingerprint density at radius 3 is 2.04 bits per heavy atom. The Morgan fingerprint density at radius 1 is 0.840 bits per heavy atom. The van der Waals surface area contributed by atoms with Gasteiger partial charge in [-0.2, -0.15) is 0 Å². The van der Waals surface area contributed by atoms with Gasteiger partial charge in [0.1, 0.15) is 0 Å². The summed E-state index contributed by atoms with van der Waals surface area (Å²) in [4.78, 5) is 15.9. The van der Waals surface area contributed by atoms with Crippen molar-refractivity contribution in [1.82, 2.24) is 4.98 Å². The van der Waals surface area contributed by atoms with Crippen molar-refractivity contribution in [2.24, 2.45) is 0 Å². The van der Waals surface area contributed by atoms with Gasteiger partial charge < -0.3 is 19.2 Å². The van der Waals surface area contributed by atoms with Crippen LogP contribution < -0.4 is 14.2 Å². The maximum Gasteiger partial charge on any atom is 0.209 e. The second-order valence-corrected chi connectivity index (χ2v) is 5.41. The van der Waals surface area contributed by atoms with Crippen LogP contribution in [0.15, 0.2) is 54.7 Å². The predicted molar refractivity (Wildman–Crippen MR) is 95.8 cm³/mol. The molecular formula is C20H19NO4. The Hall–Kier alpha value is -3.21. The first-order chi connectivity index (χ1) is 12.2. The number of ketones is 1. The van der Waals surface area contributed by atoms with Crippen molar-refractivity contribution in [2.45, 2.75) is 0 Å². The van der Waals surface area contributed by atoms with Crippen molar-refractivity contribution >= 4 is 5.78 Å². The third-order valence-corrected chi connectivity index (χ3v) is 3.96. The molecular weight excluding hydrogens is 318 g/mol. The minimum absolute atomic E-state index is 0.151. The van der Waals surface area contributed by atoms with Crippen LogP contribution in [0.2, 0.25) is 0 Å². The predicted octanol–water partition coefficient (Wildman–Crippen LogP) is 3.94. The number of hydrogen-bond donors (Lipinski definition) is 1. The number of hydrogen-bond acceptors (Lipinski definition) is 4. The van der Waals surface area contributed by atoms with Gasteiger partial charge in [0.15, 0.2) is 11.5 Å². The normalized spacial score (nSPS) is 10.4. The van der Waals surface area contributed by atoms with Crippen LogP contribution in [0.3, 0.4) is 0 Å². The molecule has 1 aromatic heterocycles. The van der Waals surface area contributed by atoms with E-state index in [-0.39, 0.29) is 5.78 Å². The van der Waals surface area contributed by atoms with Crippen LogP contribution in [0, 0.1) is 0 Å². The first kappa shape index (κ1) is 16.6. The molecule has 0 atom stereocenters. The number of ether oxygens (including phenoxy) is 3. The number of aromatic amines is 1. The molecule has 1 N–H and O–H groups in total. The molecule has 1 heterocycles. The molecule has 5 nitrogen and oxygen atoms in total. The Balaban J connectivity index is 1.97. The fraction of sp³-hybridized carbons (Fsp3) is 0.150. The molecule has 0 amide bonds. The summed E-state index contributed by atoms with van der Waals surface area (Å²) in [7, 11) is 4.57. The average molecular weight is 337 g/mol. The topological polar surface area (TPSA) is 60.6 Å². The van der Waals surface area contributed by atoms with Gasteiger partial charge in [0, 0.05) is 11.8 Å². The average Bonchev–Trinajstić information content (AvgIpc) is 3.17. The van der Waals surface area contributed by atoms with E-state index in [4.69, 9.17) is 14.2 Å². The molecule has 25 heavy (non-hydrogen) atoms. The molecule has 0 fully saturated rings. The molecule has 0 saturated carbocycles. The van der Waals surface area contributed by atoms with E-state index in [0.29, 0.717) is 28.5 Å². The number of carbonyl (C=O) groups excluding carboxylic acids is 1. The molecule has 128 valence electrons. The minimum atomic E-state index is -0.151. The van der Waals surface area contributed by atoms with Crippen molar-refractivity contribution < 1.29 is 19.0 Å². The molecule has 0 saturated heterocycles. The van der Waals surface area contributed by atoms with E-state index in [1.807, 2.05) is 42.6 Å². The van der Waals surface area contributed by atoms with E-state index < -0.39 is 0 Å². The van der Waals surface area contributed by atoms with Crippen molar-refractivity contribution in [3.8, 4) is 28.4 Å². The lowest BCUT2D eigenvalue weighted by Crippen LogP contribution is -2.04. The summed E-state index contributed by atoms with van der Waals surface area (Å²) in [5.74, 6) is 1.19. The van der Waals surface area contributed by atoms with E-state index in [9.17, 15) is 4.79 Å². The molecule has 0 spiro atoms. The van der Waals surface area contributed by atoms with Gasteiger partial charge in [-0.1, -0.05) is 30.3 Å². The van der Waals surface area contributed by atoms with Crippen LogP contribution in [0.5, 0.6) is 17.2 Å². The summed E-state index contributed by atoms with van der Waals surface area (Å²) < 4.78 is 15.9. The third kappa shape index (κ3) is 3.21. The van der Waals surface area contributed by atoms with E-state index in [0.717, 1.165) is 11.1 Å². The van der Waals surface area contributed by atoms with Crippen LogP contribution in [0.4, 0.5) is 0 Å². The maximum atomic E-state index is 12.8. The zero-order valence-electron chi connectivity index (χ0n) is 14.3. The van der Waals surface area contributed by atoms with Gasteiger partial charge in [-0.3, -0.25) is 4.79 Å². The number of aromatic nitrogens is 1. The number of methoxy groups -OCH3 is 3. The second kappa shape index (κ2) is 7.13. The first-order valence-electron chi connectivity index (χ1n) is 7.76. The quantitative estimate of drug-likeness (QED) is 0.692. The highest BCUT2D eigenvalue weighted by Gasteiger charge is 2.19. The van der Waals surface area contributed by atoms with Crippen LogP contribution in [-0.4, -0.2) is 32.1 Å². The van der Waals surface area contributed by atoms with Gasteiger partial charge in [0.05, 0.1) is 27.0 Å². The van der Waals surface area contributed by atoms with Crippen molar-refractivity contribution in [3.63, 3.8) is 0 Å². The van der Waals surface area contributed by atoms with E-state index in [1.165, 1.54) is 21.3 Å². The van der Waals surface area contributed by atoms with Crippen molar-refractivity contribution in [3.05, 3.63) is 66.0 Å². The van der Waals surface area contributed by atoms with E-state index in [2.05, 4.69) is 4.98 Å². The van der Waals surface area contributed by atoms with Crippen LogP contribution in [0.1, 0.15) is 16.1 Å². The molecule has 3 rings (SSSR count). The molecule has 2 aromatic carbocycles. The second-order valence-electron chi connectivity index (χ2n) is 5.41. The van der Waals surface area contributed by atoms with Gasteiger partial charge in [-0.25, -0.2) is 0 Å². The highest BCUT2D eigenvalue weighted by atomic mass is 16.5. The smallest absolute Gasteiger partial charge is 0.209 e. The van der Waals surface area contributed by atoms with Crippen LogP contribution in [0.25, 0.3) is 11.1 Å². The molecule has 0 bridgehead atoms. The summed E-state index contributed by atoms with van der Waals surface area (Å²) >= 11 is 0. The molecule has 0 aliphatic carbocycles. The molecule has 0 unspecified atom stereocenters. The minimum Gasteiger partial charge on any atom is -0.493 e. The van der Waals surface area contributed by atoms with Crippen LogP contribution in [-0.2, 0) is 0 Å². The van der Waals surface area contributed by atoms with E-state index >= 15 is 0 Å². The number of rotatable bonds is 6. The Bertz CT molecular complexity index is 859. The maximum absolute atomic E-state index is 12.8. The molecule has 5 heteroatoms.